The first kappa shape index (κ1) is 17.6. The third-order valence-electron chi connectivity index (χ3n) is 6.09. The Balaban J connectivity index is 1.22. The molecule has 28 heavy (non-hydrogen) atoms. The Morgan fingerprint density at radius 3 is 2.89 bits per heavy atom. The minimum absolute atomic E-state index is 0.183. The van der Waals surface area contributed by atoms with Crippen molar-refractivity contribution < 1.29 is 8.42 Å². The molecule has 5 rings (SSSR count). The molecule has 1 fully saturated rings. The van der Waals surface area contributed by atoms with E-state index in [2.05, 4.69) is 25.0 Å². The number of nitrogens with one attached hydrogen (secondary N) is 1. The van der Waals surface area contributed by atoms with Crippen molar-refractivity contribution in [2.75, 3.05) is 17.7 Å². The average molecular weight is 401 g/mol. The summed E-state index contributed by atoms with van der Waals surface area (Å²) in [7, 11) is 0.608. The van der Waals surface area contributed by atoms with Crippen molar-refractivity contribution in [1.29, 1.82) is 0 Å². The van der Waals surface area contributed by atoms with E-state index in [1.54, 1.807) is 21.5 Å². The molecule has 4 heterocycles. The van der Waals surface area contributed by atoms with Crippen molar-refractivity contribution in [3.05, 3.63) is 36.0 Å². The molecule has 0 saturated heterocycles. The van der Waals surface area contributed by atoms with Gasteiger partial charge < -0.3 is 9.88 Å². The van der Waals surface area contributed by atoms with Crippen LogP contribution < -0.4 is 4.90 Å². The van der Waals surface area contributed by atoms with Crippen molar-refractivity contribution in [1.82, 2.24) is 29.0 Å². The Labute approximate surface area is 163 Å². The highest BCUT2D eigenvalue weighted by Gasteiger charge is 2.39. The summed E-state index contributed by atoms with van der Waals surface area (Å²) in [6.07, 6.45) is 6.90. The summed E-state index contributed by atoms with van der Waals surface area (Å²) in [5.74, 6) is 1.28. The number of aromatic nitrogens is 5. The molecule has 0 radical (unpaired) electrons. The number of H-pyrrole nitrogens is 1. The quantitative estimate of drug-likeness (QED) is 0.691. The van der Waals surface area contributed by atoms with Gasteiger partial charge in [-0.05, 0) is 24.8 Å². The zero-order valence-electron chi connectivity index (χ0n) is 15.9. The fourth-order valence-electron chi connectivity index (χ4n) is 4.32. The van der Waals surface area contributed by atoms with Crippen LogP contribution in [0.5, 0.6) is 0 Å². The zero-order chi connectivity index (χ0) is 19.5. The summed E-state index contributed by atoms with van der Waals surface area (Å²) in [6, 6.07) is 2.27. The summed E-state index contributed by atoms with van der Waals surface area (Å²) >= 11 is 0. The molecule has 3 aromatic rings. The number of sulfonamides is 1. The molecule has 0 aromatic carbocycles. The maximum Gasteiger partial charge on any atom is 0.215 e. The molecule has 0 unspecified atom stereocenters. The molecule has 3 aromatic heterocycles. The fourth-order valence-corrected chi connectivity index (χ4v) is 6.06. The molecule has 0 atom stereocenters. The lowest BCUT2D eigenvalue weighted by Crippen LogP contribution is -2.46. The normalized spacial score (nSPS) is 22.4. The second-order valence-corrected chi connectivity index (χ2v) is 9.84. The standard InChI is InChI=1S/C18H23N7O2S/c1-23(18-15-3-4-19-17(15)20-11-21-18)14-5-12(6-14)10-28(26,27)25-8-13-7-22-24(2)16(13)9-25/h3-4,7,11-12,14H,5-6,8-10H2,1-2H3,(H,19,20,21). The SMILES string of the molecule is CN(c1ncnc2[nH]ccc12)C1CC(CS(=O)(=O)N2Cc3cnn(C)c3C2)C1. The van der Waals surface area contributed by atoms with E-state index in [9.17, 15) is 8.42 Å². The first-order chi connectivity index (χ1) is 13.4. The van der Waals surface area contributed by atoms with E-state index in [1.807, 2.05) is 26.4 Å². The van der Waals surface area contributed by atoms with Crippen LogP contribution in [0, 0.1) is 5.92 Å². The molecule has 2 aliphatic rings. The van der Waals surface area contributed by atoms with Crippen LogP contribution in [-0.4, -0.2) is 56.3 Å². The van der Waals surface area contributed by atoms with E-state index in [0.717, 1.165) is 41.0 Å². The van der Waals surface area contributed by atoms with Crippen molar-refractivity contribution in [2.45, 2.75) is 32.0 Å². The van der Waals surface area contributed by atoms with Crippen molar-refractivity contribution in [3.8, 4) is 0 Å². The van der Waals surface area contributed by atoms with Gasteiger partial charge >= 0.3 is 0 Å². The van der Waals surface area contributed by atoms with Crippen LogP contribution in [0.4, 0.5) is 5.82 Å². The van der Waals surface area contributed by atoms with Gasteiger partial charge in [0.1, 0.15) is 17.8 Å². The predicted molar refractivity (Wildman–Crippen MR) is 105 cm³/mol. The van der Waals surface area contributed by atoms with Crippen molar-refractivity contribution >= 4 is 26.9 Å². The summed E-state index contributed by atoms with van der Waals surface area (Å²) in [4.78, 5) is 13.9. The Morgan fingerprint density at radius 2 is 2.11 bits per heavy atom. The lowest BCUT2D eigenvalue weighted by atomic mass is 9.81. The number of nitrogens with zero attached hydrogens (tertiary/aromatic N) is 6. The Morgan fingerprint density at radius 1 is 1.29 bits per heavy atom. The van der Waals surface area contributed by atoms with Gasteiger partial charge in [0.2, 0.25) is 10.0 Å². The molecule has 10 heteroatoms. The van der Waals surface area contributed by atoms with Gasteiger partial charge in [-0.1, -0.05) is 0 Å². The van der Waals surface area contributed by atoms with Gasteiger partial charge in [-0.25, -0.2) is 18.4 Å². The molecule has 148 valence electrons. The van der Waals surface area contributed by atoms with Crippen LogP contribution in [0.15, 0.2) is 24.8 Å². The Bertz CT molecular complexity index is 1130. The van der Waals surface area contributed by atoms with Crippen LogP contribution in [-0.2, 0) is 30.2 Å². The van der Waals surface area contributed by atoms with Crippen molar-refractivity contribution in [3.63, 3.8) is 0 Å². The van der Waals surface area contributed by atoms with E-state index in [1.165, 1.54) is 0 Å². The van der Waals surface area contributed by atoms with Gasteiger partial charge in [-0.15, -0.1) is 0 Å². The number of anilines is 1. The topological polar surface area (TPSA) is 100 Å². The van der Waals surface area contributed by atoms with Gasteiger partial charge in [0.25, 0.3) is 0 Å². The lowest BCUT2D eigenvalue weighted by Gasteiger charge is -2.42. The highest BCUT2D eigenvalue weighted by Crippen LogP contribution is 2.37. The van der Waals surface area contributed by atoms with Gasteiger partial charge in [0.05, 0.1) is 29.6 Å². The molecule has 1 aliphatic heterocycles. The highest BCUT2D eigenvalue weighted by atomic mass is 32.2. The minimum Gasteiger partial charge on any atom is -0.356 e. The molecule has 1 saturated carbocycles. The van der Waals surface area contributed by atoms with Crippen LogP contribution >= 0.6 is 0 Å². The Hall–Kier alpha value is -2.46. The molecule has 9 nitrogen and oxygen atoms in total. The summed E-state index contributed by atoms with van der Waals surface area (Å²) in [6.45, 7) is 0.866. The molecule has 0 bridgehead atoms. The third-order valence-corrected chi connectivity index (χ3v) is 8.02. The van der Waals surface area contributed by atoms with Gasteiger partial charge in [0, 0.05) is 38.4 Å². The van der Waals surface area contributed by atoms with E-state index in [4.69, 9.17) is 0 Å². The number of fused-ring (bicyclic) bond motifs is 2. The van der Waals surface area contributed by atoms with Crippen LogP contribution in [0.25, 0.3) is 11.0 Å². The number of hydrogen-bond donors (Lipinski definition) is 1. The van der Waals surface area contributed by atoms with Gasteiger partial charge in [-0.3, -0.25) is 4.68 Å². The summed E-state index contributed by atoms with van der Waals surface area (Å²) in [5, 5.41) is 5.19. The Kier molecular flexibility index (Phi) is 3.95. The average Bonchev–Trinajstić information content (AvgIpc) is 3.34. The number of rotatable bonds is 5. The fraction of sp³-hybridized carbons (Fsp3) is 0.500. The molecule has 0 amide bonds. The van der Waals surface area contributed by atoms with Crippen molar-refractivity contribution in [2.24, 2.45) is 13.0 Å². The summed E-state index contributed by atoms with van der Waals surface area (Å²) < 4.78 is 29.1. The molecule has 1 aliphatic carbocycles. The number of aromatic amines is 1. The van der Waals surface area contributed by atoms with E-state index in [-0.39, 0.29) is 11.7 Å². The minimum atomic E-state index is -3.27. The second-order valence-electron chi connectivity index (χ2n) is 7.83. The van der Waals surface area contributed by atoms with Crippen LogP contribution in [0.1, 0.15) is 24.1 Å². The first-order valence-electron chi connectivity index (χ1n) is 9.41. The first-order valence-corrected chi connectivity index (χ1v) is 11.0. The van der Waals surface area contributed by atoms with E-state index in [0.29, 0.717) is 19.1 Å². The molecular formula is C18H23N7O2S. The monoisotopic (exact) mass is 401 g/mol. The molecule has 0 spiro atoms. The van der Waals surface area contributed by atoms with Gasteiger partial charge in [-0.2, -0.15) is 9.40 Å². The van der Waals surface area contributed by atoms with Crippen LogP contribution in [0.2, 0.25) is 0 Å². The predicted octanol–water partition coefficient (Wildman–Crippen LogP) is 1.25. The largest absolute Gasteiger partial charge is 0.356 e. The maximum atomic E-state index is 12.9. The lowest BCUT2D eigenvalue weighted by molar-refractivity contribution is 0.277. The second kappa shape index (κ2) is 6.28. The third kappa shape index (κ3) is 2.78. The zero-order valence-corrected chi connectivity index (χ0v) is 16.7. The van der Waals surface area contributed by atoms with Crippen LogP contribution in [0.3, 0.4) is 0 Å². The van der Waals surface area contributed by atoms with E-state index < -0.39 is 10.0 Å². The summed E-state index contributed by atoms with van der Waals surface area (Å²) in [5.41, 5.74) is 2.82. The maximum absolute atomic E-state index is 12.9. The van der Waals surface area contributed by atoms with E-state index >= 15 is 0 Å². The number of aryl methyl sites for hydroxylation is 1. The highest BCUT2D eigenvalue weighted by molar-refractivity contribution is 7.89. The molecule has 1 N–H and O–H groups in total. The smallest absolute Gasteiger partial charge is 0.215 e. The number of hydrogen-bond acceptors (Lipinski definition) is 6. The van der Waals surface area contributed by atoms with Gasteiger partial charge in [0.15, 0.2) is 0 Å². The molecular weight excluding hydrogens is 378 g/mol.